The van der Waals surface area contributed by atoms with E-state index in [1.165, 1.54) is 60.8 Å². The number of likely N-dealkylation sites (tertiary alicyclic amines) is 2. The van der Waals surface area contributed by atoms with Crippen molar-refractivity contribution < 1.29 is 9.59 Å². The number of carbonyl (C=O) groups is 2. The number of aromatic nitrogens is 2. The SMILES string of the molecule is Cc1cc(NC(=O)NCCN2CCC(Cc3ccccc3C)CC2)c2ccccc2n1.Cc1cccc(CC2CCN(CCNC(=O)Nc3cc(C)nc4ccccc34)CC2)c1. The predicted octanol–water partition coefficient (Wildman–Crippen LogP) is 9.86. The number of amides is 4. The number of pyridine rings is 2. The van der Waals surface area contributed by atoms with Crippen LogP contribution in [0.25, 0.3) is 21.8 Å². The number of para-hydroxylation sites is 2. The molecule has 0 unspecified atom stereocenters. The van der Waals surface area contributed by atoms with Crippen molar-refractivity contribution in [2.24, 2.45) is 11.8 Å². The smallest absolute Gasteiger partial charge is 0.319 e. The molecule has 2 aromatic heterocycles. The van der Waals surface area contributed by atoms with E-state index >= 15 is 0 Å². The van der Waals surface area contributed by atoms with Crippen molar-refractivity contribution in [3.8, 4) is 0 Å². The van der Waals surface area contributed by atoms with Crippen LogP contribution in [0.4, 0.5) is 21.0 Å². The summed E-state index contributed by atoms with van der Waals surface area (Å²) < 4.78 is 0. The fourth-order valence-electron chi connectivity index (χ4n) is 8.96. The second-order valence-corrected chi connectivity index (χ2v) is 17.3. The van der Waals surface area contributed by atoms with Crippen molar-refractivity contribution in [1.82, 2.24) is 30.4 Å². The van der Waals surface area contributed by atoms with E-state index in [0.717, 1.165) is 95.7 Å². The molecule has 4 aromatic carbocycles. The highest BCUT2D eigenvalue weighted by molar-refractivity contribution is 6.01. The van der Waals surface area contributed by atoms with Gasteiger partial charge in [-0.2, -0.15) is 0 Å². The summed E-state index contributed by atoms with van der Waals surface area (Å²) >= 11 is 0. The third kappa shape index (κ3) is 12.8. The Labute approximate surface area is 367 Å². The van der Waals surface area contributed by atoms with E-state index in [9.17, 15) is 9.59 Å². The average molecular weight is 833 g/mol. The molecule has 8 rings (SSSR count). The Morgan fingerprint density at radius 1 is 0.565 bits per heavy atom. The number of aryl methyl sites for hydroxylation is 4. The molecule has 2 fully saturated rings. The molecule has 4 heterocycles. The lowest BCUT2D eigenvalue weighted by Gasteiger charge is -2.32. The van der Waals surface area contributed by atoms with Gasteiger partial charge in [-0.05, 0) is 145 Å². The zero-order valence-corrected chi connectivity index (χ0v) is 37.1. The summed E-state index contributed by atoms with van der Waals surface area (Å²) in [6, 6.07) is 36.9. The van der Waals surface area contributed by atoms with Gasteiger partial charge in [-0.3, -0.25) is 9.97 Å². The molecule has 4 amide bonds. The second kappa shape index (κ2) is 21.8. The van der Waals surface area contributed by atoms with E-state index in [4.69, 9.17) is 0 Å². The molecule has 2 aliphatic heterocycles. The minimum atomic E-state index is -0.162. The lowest BCUT2D eigenvalue weighted by molar-refractivity contribution is 0.184. The molecule has 2 aliphatic rings. The van der Waals surface area contributed by atoms with Crippen LogP contribution in [-0.2, 0) is 12.8 Å². The van der Waals surface area contributed by atoms with Crippen LogP contribution >= 0.6 is 0 Å². The number of fused-ring (bicyclic) bond motifs is 2. The summed E-state index contributed by atoms with van der Waals surface area (Å²) in [7, 11) is 0. The van der Waals surface area contributed by atoms with Crippen LogP contribution in [0, 0.1) is 39.5 Å². The van der Waals surface area contributed by atoms with Crippen LogP contribution in [0.2, 0.25) is 0 Å². The number of rotatable bonds is 12. The summed E-state index contributed by atoms with van der Waals surface area (Å²) in [5.74, 6) is 1.52. The summed E-state index contributed by atoms with van der Waals surface area (Å²) in [6.07, 6.45) is 7.26. The number of carbonyl (C=O) groups excluding carboxylic acids is 2. The Balaban J connectivity index is 0.000000186. The average Bonchev–Trinajstić information content (AvgIpc) is 3.26. The minimum absolute atomic E-state index is 0.162. The third-order valence-electron chi connectivity index (χ3n) is 12.4. The molecule has 0 saturated carbocycles. The molecular formula is C52H64N8O2. The molecule has 10 nitrogen and oxygen atoms in total. The standard InChI is InChI=1S/2C26H32N4O/c1-19-6-5-7-22(16-19)18-21-10-13-30(14-11-21)15-12-27-26(31)29-25-17-20(2)28-24-9-4-3-8-23(24)25;1-19-7-3-4-8-22(19)18-21-11-14-30(15-12-21)16-13-27-26(31)29-25-17-20(2)28-24-10-6-5-9-23(24)25/h3-9,16-17,21H,10-15,18H2,1-2H3,(H2,27,28,29,31);3-10,17,21H,11-16,18H2,1-2H3,(H2,27,28,29,31). The van der Waals surface area contributed by atoms with Crippen molar-refractivity contribution in [1.29, 1.82) is 0 Å². The first-order valence-corrected chi connectivity index (χ1v) is 22.5. The van der Waals surface area contributed by atoms with Gasteiger partial charge in [0.1, 0.15) is 0 Å². The number of hydrogen-bond donors (Lipinski definition) is 4. The molecule has 2 saturated heterocycles. The number of hydrogen-bond acceptors (Lipinski definition) is 6. The van der Waals surface area contributed by atoms with Gasteiger partial charge < -0.3 is 31.1 Å². The lowest BCUT2D eigenvalue weighted by atomic mass is 9.88. The van der Waals surface area contributed by atoms with Crippen molar-refractivity contribution >= 4 is 45.2 Å². The van der Waals surface area contributed by atoms with Crippen molar-refractivity contribution in [2.75, 3.05) is 63.0 Å². The molecule has 4 N–H and O–H groups in total. The molecule has 0 atom stereocenters. The highest BCUT2D eigenvalue weighted by Crippen LogP contribution is 2.26. The van der Waals surface area contributed by atoms with Gasteiger partial charge in [-0.25, -0.2) is 9.59 Å². The minimum Gasteiger partial charge on any atom is -0.337 e. The van der Waals surface area contributed by atoms with Crippen LogP contribution in [0.15, 0.2) is 109 Å². The molecular weight excluding hydrogens is 769 g/mol. The van der Waals surface area contributed by atoms with Crippen molar-refractivity contribution in [3.63, 3.8) is 0 Å². The second-order valence-electron chi connectivity index (χ2n) is 17.3. The van der Waals surface area contributed by atoms with E-state index in [2.05, 4.69) is 103 Å². The van der Waals surface area contributed by atoms with Crippen LogP contribution < -0.4 is 21.3 Å². The summed E-state index contributed by atoms with van der Waals surface area (Å²) in [5.41, 5.74) is 10.9. The van der Waals surface area contributed by atoms with E-state index in [1.807, 2.05) is 74.5 Å². The van der Waals surface area contributed by atoms with Gasteiger partial charge in [0.05, 0.1) is 22.4 Å². The van der Waals surface area contributed by atoms with Gasteiger partial charge in [0.2, 0.25) is 0 Å². The van der Waals surface area contributed by atoms with Gasteiger partial charge in [-0.1, -0.05) is 90.5 Å². The molecule has 0 spiro atoms. The quantitative estimate of drug-likeness (QED) is 0.0977. The Morgan fingerprint density at radius 2 is 1.05 bits per heavy atom. The number of anilines is 2. The van der Waals surface area contributed by atoms with Crippen LogP contribution in [0.5, 0.6) is 0 Å². The van der Waals surface area contributed by atoms with Crippen LogP contribution in [0.3, 0.4) is 0 Å². The number of benzene rings is 4. The lowest BCUT2D eigenvalue weighted by Crippen LogP contribution is -2.41. The highest BCUT2D eigenvalue weighted by atomic mass is 16.2. The number of piperidine rings is 2. The molecule has 0 radical (unpaired) electrons. The van der Waals surface area contributed by atoms with Gasteiger partial charge in [0.25, 0.3) is 0 Å². The molecule has 324 valence electrons. The number of nitrogens with zero attached hydrogens (tertiary/aromatic N) is 4. The Kier molecular flexibility index (Phi) is 15.5. The van der Waals surface area contributed by atoms with Crippen molar-refractivity contribution in [3.05, 3.63) is 143 Å². The summed E-state index contributed by atoms with van der Waals surface area (Å²) in [6.45, 7) is 15.7. The normalized spacial score (nSPS) is 15.2. The summed E-state index contributed by atoms with van der Waals surface area (Å²) in [5, 5.41) is 13.9. The largest absolute Gasteiger partial charge is 0.337 e. The maximum absolute atomic E-state index is 12.4. The molecule has 62 heavy (non-hydrogen) atoms. The topological polar surface area (TPSA) is 115 Å². The van der Waals surface area contributed by atoms with Gasteiger partial charge in [0.15, 0.2) is 0 Å². The zero-order chi connectivity index (χ0) is 43.3. The molecule has 0 bridgehead atoms. The Hall–Kier alpha value is -5.84. The zero-order valence-electron chi connectivity index (χ0n) is 37.1. The molecule has 10 heteroatoms. The van der Waals surface area contributed by atoms with E-state index in [0.29, 0.717) is 13.1 Å². The predicted molar refractivity (Wildman–Crippen MR) is 255 cm³/mol. The van der Waals surface area contributed by atoms with E-state index in [1.54, 1.807) is 0 Å². The molecule has 6 aromatic rings. The Bertz CT molecular complexity index is 2420. The third-order valence-corrected chi connectivity index (χ3v) is 12.4. The monoisotopic (exact) mass is 833 g/mol. The maximum atomic E-state index is 12.4. The fraction of sp³-hybridized carbons (Fsp3) is 0.385. The van der Waals surface area contributed by atoms with Gasteiger partial charge >= 0.3 is 12.1 Å². The number of nitrogens with one attached hydrogen (secondary N) is 4. The first kappa shape index (κ1) is 44.2. The maximum Gasteiger partial charge on any atom is 0.319 e. The van der Waals surface area contributed by atoms with E-state index < -0.39 is 0 Å². The Morgan fingerprint density at radius 3 is 1.56 bits per heavy atom. The van der Waals surface area contributed by atoms with Crippen LogP contribution in [0.1, 0.15) is 59.3 Å². The number of urea groups is 2. The fourth-order valence-corrected chi connectivity index (χ4v) is 8.96. The van der Waals surface area contributed by atoms with Crippen molar-refractivity contribution in [2.45, 2.75) is 66.2 Å². The highest BCUT2D eigenvalue weighted by Gasteiger charge is 2.21. The van der Waals surface area contributed by atoms with Gasteiger partial charge in [-0.15, -0.1) is 0 Å². The molecule has 0 aliphatic carbocycles. The van der Waals surface area contributed by atoms with Gasteiger partial charge in [0, 0.05) is 48.3 Å². The van der Waals surface area contributed by atoms with Crippen LogP contribution in [-0.4, -0.2) is 84.2 Å². The summed E-state index contributed by atoms with van der Waals surface area (Å²) in [4.78, 5) is 38.8. The van der Waals surface area contributed by atoms with E-state index in [-0.39, 0.29) is 12.1 Å². The first-order valence-electron chi connectivity index (χ1n) is 22.5. The first-order chi connectivity index (χ1) is 30.1.